The van der Waals surface area contributed by atoms with Gasteiger partial charge in [0, 0.05) is 0 Å². The highest BCUT2D eigenvalue weighted by molar-refractivity contribution is 6.39. The van der Waals surface area contributed by atoms with Crippen molar-refractivity contribution in [3.8, 4) is 5.75 Å². The molecule has 0 saturated carbocycles. The van der Waals surface area contributed by atoms with E-state index in [1.165, 1.54) is 0 Å². The van der Waals surface area contributed by atoms with Crippen LogP contribution in [0.1, 0.15) is 48.9 Å². The van der Waals surface area contributed by atoms with E-state index in [1.807, 2.05) is 32.9 Å². The molecule has 1 heterocycles. The van der Waals surface area contributed by atoms with E-state index < -0.39 is 17.8 Å². The second-order valence-electron chi connectivity index (χ2n) is 7.63. The lowest BCUT2D eigenvalue weighted by atomic mass is 9.95. The topological polar surface area (TPSA) is 75.7 Å². The second-order valence-corrected chi connectivity index (χ2v) is 7.63. The van der Waals surface area contributed by atoms with E-state index >= 15 is 0 Å². The number of nitrogens with one attached hydrogen (secondary N) is 1. The van der Waals surface area contributed by atoms with Gasteiger partial charge in [0.05, 0.1) is 12.3 Å². The van der Waals surface area contributed by atoms with Crippen molar-refractivity contribution in [2.75, 3.05) is 11.5 Å². The lowest BCUT2D eigenvalue weighted by molar-refractivity contribution is -0.122. The molecule has 0 aromatic heterocycles. The zero-order valence-corrected chi connectivity index (χ0v) is 17.9. The lowest BCUT2D eigenvalue weighted by Crippen LogP contribution is -2.54. The molecular weight excluding hydrogens is 380 g/mol. The van der Waals surface area contributed by atoms with Crippen molar-refractivity contribution in [3.63, 3.8) is 0 Å². The number of urea groups is 1. The van der Waals surface area contributed by atoms with Gasteiger partial charge in [-0.15, -0.1) is 0 Å². The van der Waals surface area contributed by atoms with Gasteiger partial charge in [-0.05, 0) is 73.7 Å². The van der Waals surface area contributed by atoms with Crippen LogP contribution in [-0.2, 0) is 9.59 Å². The van der Waals surface area contributed by atoms with Crippen LogP contribution in [0.15, 0.2) is 42.0 Å². The van der Waals surface area contributed by atoms with Crippen molar-refractivity contribution < 1.29 is 19.1 Å². The quantitative estimate of drug-likeness (QED) is 0.586. The molecule has 2 aromatic rings. The van der Waals surface area contributed by atoms with Crippen LogP contribution in [0.25, 0.3) is 6.08 Å². The van der Waals surface area contributed by atoms with Crippen LogP contribution >= 0.6 is 0 Å². The van der Waals surface area contributed by atoms with E-state index in [9.17, 15) is 14.4 Å². The smallest absolute Gasteiger partial charge is 0.335 e. The molecule has 30 heavy (non-hydrogen) atoms. The Bertz CT molecular complexity index is 1040. The normalized spacial score (nSPS) is 15.7. The van der Waals surface area contributed by atoms with Crippen molar-refractivity contribution >= 4 is 29.6 Å². The summed E-state index contributed by atoms with van der Waals surface area (Å²) in [6, 6.07) is 10.1. The molecular formula is C24H26N2O4. The standard InChI is InChI=1S/C24H26N2O4/c1-6-30-21-11-16(5)17(12-19(21)14(2)3)13-20-22(27)25-24(29)26(23(20)28)18-9-7-15(4)8-10-18/h7-14H,6H2,1-5H3,(H,25,27,29)/b20-13+. The Morgan fingerprint density at radius 3 is 2.33 bits per heavy atom. The van der Waals surface area contributed by atoms with E-state index in [2.05, 4.69) is 19.2 Å². The minimum Gasteiger partial charge on any atom is -0.494 e. The number of amides is 4. The Morgan fingerprint density at radius 2 is 1.73 bits per heavy atom. The predicted molar refractivity (Wildman–Crippen MR) is 117 cm³/mol. The van der Waals surface area contributed by atoms with E-state index in [0.717, 1.165) is 32.9 Å². The Labute approximate surface area is 176 Å². The van der Waals surface area contributed by atoms with Crippen LogP contribution in [0.3, 0.4) is 0 Å². The lowest BCUT2D eigenvalue weighted by Gasteiger charge is -2.26. The van der Waals surface area contributed by atoms with Crippen molar-refractivity contribution in [2.24, 2.45) is 0 Å². The summed E-state index contributed by atoms with van der Waals surface area (Å²) in [4.78, 5) is 38.9. The molecule has 0 atom stereocenters. The molecule has 1 fully saturated rings. The Kier molecular flexibility index (Phi) is 6.06. The molecule has 0 aliphatic carbocycles. The van der Waals surface area contributed by atoms with E-state index in [4.69, 9.17) is 4.74 Å². The minimum absolute atomic E-state index is 0.0860. The van der Waals surface area contributed by atoms with Gasteiger partial charge in [0.15, 0.2) is 0 Å². The maximum atomic E-state index is 13.1. The number of benzene rings is 2. The molecule has 2 aromatic carbocycles. The number of imide groups is 2. The van der Waals surface area contributed by atoms with E-state index in [-0.39, 0.29) is 11.5 Å². The third-order valence-corrected chi connectivity index (χ3v) is 5.01. The third kappa shape index (κ3) is 4.13. The van der Waals surface area contributed by atoms with Crippen LogP contribution in [0.5, 0.6) is 5.75 Å². The Morgan fingerprint density at radius 1 is 1.07 bits per heavy atom. The fraction of sp³-hybridized carbons (Fsp3) is 0.292. The van der Waals surface area contributed by atoms with Gasteiger partial charge in [-0.3, -0.25) is 14.9 Å². The molecule has 3 rings (SSSR count). The van der Waals surface area contributed by atoms with E-state index in [0.29, 0.717) is 12.3 Å². The molecule has 4 amide bonds. The first-order valence-electron chi connectivity index (χ1n) is 9.98. The predicted octanol–water partition coefficient (Wildman–Crippen LogP) is 4.49. The van der Waals surface area contributed by atoms with E-state index in [1.54, 1.807) is 30.3 Å². The Hall–Kier alpha value is -3.41. The summed E-state index contributed by atoms with van der Waals surface area (Å²) in [6.07, 6.45) is 1.54. The van der Waals surface area contributed by atoms with Crippen LogP contribution in [0, 0.1) is 13.8 Å². The van der Waals surface area contributed by atoms with Gasteiger partial charge in [-0.2, -0.15) is 0 Å². The van der Waals surface area contributed by atoms with Crippen molar-refractivity contribution in [1.82, 2.24) is 5.32 Å². The number of nitrogens with zero attached hydrogens (tertiary/aromatic N) is 1. The SMILES string of the molecule is CCOc1cc(C)c(/C=C2\C(=O)NC(=O)N(c3ccc(C)cc3)C2=O)cc1C(C)C. The first-order chi connectivity index (χ1) is 14.2. The van der Waals surface area contributed by atoms with Gasteiger partial charge in [0.1, 0.15) is 11.3 Å². The number of aryl methyl sites for hydroxylation is 2. The molecule has 1 N–H and O–H groups in total. The van der Waals surface area contributed by atoms with Gasteiger partial charge in [-0.1, -0.05) is 31.5 Å². The van der Waals surface area contributed by atoms with Gasteiger partial charge in [-0.25, -0.2) is 9.69 Å². The number of carbonyl (C=O) groups is 3. The van der Waals surface area contributed by atoms with Gasteiger partial charge < -0.3 is 4.74 Å². The first-order valence-corrected chi connectivity index (χ1v) is 9.98. The summed E-state index contributed by atoms with van der Waals surface area (Å²) in [7, 11) is 0. The molecule has 0 bridgehead atoms. The molecule has 0 spiro atoms. The van der Waals surface area contributed by atoms with Gasteiger partial charge in [0.2, 0.25) is 0 Å². The molecule has 6 heteroatoms. The van der Waals surface area contributed by atoms with Crippen molar-refractivity contribution in [2.45, 2.75) is 40.5 Å². The highest BCUT2D eigenvalue weighted by atomic mass is 16.5. The number of hydrogen-bond acceptors (Lipinski definition) is 4. The molecule has 1 aliphatic heterocycles. The van der Waals surface area contributed by atoms with Gasteiger partial charge >= 0.3 is 6.03 Å². The number of anilines is 1. The summed E-state index contributed by atoms with van der Waals surface area (Å²) in [5.41, 5.74) is 3.92. The minimum atomic E-state index is -0.753. The number of barbiturate groups is 1. The molecule has 0 radical (unpaired) electrons. The van der Waals surface area contributed by atoms with Gasteiger partial charge in [0.25, 0.3) is 11.8 Å². The molecule has 0 unspecified atom stereocenters. The van der Waals surface area contributed by atoms with Crippen LogP contribution in [0.4, 0.5) is 10.5 Å². The average molecular weight is 406 g/mol. The molecule has 1 aliphatic rings. The maximum absolute atomic E-state index is 13.1. The highest BCUT2D eigenvalue weighted by Gasteiger charge is 2.36. The Balaban J connectivity index is 2.06. The number of hydrogen-bond donors (Lipinski definition) is 1. The number of ether oxygens (including phenoxy) is 1. The molecule has 1 saturated heterocycles. The fourth-order valence-electron chi connectivity index (χ4n) is 3.34. The molecule has 156 valence electrons. The summed E-state index contributed by atoms with van der Waals surface area (Å²) < 4.78 is 5.75. The van der Waals surface area contributed by atoms with Crippen molar-refractivity contribution in [3.05, 3.63) is 64.2 Å². The maximum Gasteiger partial charge on any atom is 0.335 e. The highest BCUT2D eigenvalue weighted by Crippen LogP contribution is 2.31. The molecule has 6 nitrogen and oxygen atoms in total. The zero-order valence-electron chi connectivity index (χ0n) is 17.9. The zero-order chi connectivity index (χ0) is 22.0. The second kappa shape index (κ2) is 8.53. The summed E-state index contributed by atoms with van der Waals surface area (Å²) >= 11 is 0. The van der Waals surface area contributed by atoms with Crippen LogP contribution in [-0.4, -0.2) is 24.5 Å². The van der Waals surface area contributed by atoms with Crippen LogP contribution in [0.2, 0.25) is 0 Å². The summed E-state index contributed by atoms with van der Waals surface area (Å²) in [6.45, 7) is 10.4. The largest absolute Gasteiger partial charge is 0.494 e. The first kappa shape index (κ1) is 21.3. The number of carbonyl (C=O) groups excluding carboxylic acids is 3. The summed E-state index contributed by atoms with van der Waals surface area (Å²) in [5, 5.41) is 2.27. The number of rotatable bonds is 5. The van der Waals surface area contributed by atoms with Crippen molar-refractivity contribution in [1.29, 1.82) is 0 Å². The third-order valence-electron chi connectivity index (χ3n) is 5.01. The summed E-state index contributed by atoms with van der Waals surface area (Å²) in [5.74, 6) is -0.353. The van der Waals surface area contributed by atoms with Crippen LogP contribution < -0.4 is 15.0 Å². The monoisotopic (exact) mass is 406 g/mol. The average Bonchev–Trinajstić information content (AvgIpc) is 2.67. The fourth-order valence-corrected chi connectivity index (χ4v) is 3.34.